The summed E-state index contributed by atoms with van der Waals surface area (Å²) >= 11 is 0. The Morgan fingerprint density at radius 2 is 2.05 bits per heavy atom. The lowest BCUT2D eigenvalue weighted by atomic mass is 10.1. The summed E-state index contributed by atoms with van der Waals surface area (Å²) in [5, 5.41) is 11.0. The van der Waals surface area contributed by atoms with Crippen LogP contribution >= 0.6 is 0 Å². The maximum absolute atomic E-state index is 13.9. The molecule has 0 radical (unpaired) electrons. The van der Waals surface area contributed by atoms with Crippen molar-refractivity contribution in [2.24, 2.45) is 0 Å². The van der Waals surface area contributed by atoms with E-state index in [0.29, 0.717) is 5.69 Å². The van der Waals surface area contributed by atoms with E-state index in [1.54, 1.807) is 13.8 Å². The molecule has 0 aliphatic heterocycles. The smallest absolute Gasteiger partial charge is 0.185 e. The number of nitrogen functional groups attached to an aromatic ring is 1. The molecule has 0 unspecified atom stereocenters. The molecule has 0 fully saturated rings. The fourth-order valence-corrected chi connectivity index (χ4v) is 2.05. The molecule has 9 heteroatoms. The molecule has 0 atom stereocenters. The molecule has 0 amide bonds. The first kappa shape index (κ1) is 15.4. The van der Waals surface area contributed by atoms with Crippen LogP contribution < -0.4 is 5.73 Å². The minimum Gasteiger partial charge on any atom is -0.399 e. The van der Waals surface area contributed by atoms with Gasteiger partial charge in [0.05, 0.1) is 16.9 Å². The Morgan fingerprint density at radius 3 is 2.67 bits per heavy atom. The molecule has 2 aromatic rings. The number of anilines is 1. The monoisotopic (exact) mass is 313 g/mol. The van der Waals surface area contributed by atoms with E-state index in [1.807, 2.05) is 0 Å². The molecule has 0 bridgehead atoms. The highest BCUT2D eigenvalue weighted by molar-refractivity contribution is 7.92. The van der Waals surface area contributed by atoms with Crippen molar-refractivity contribution in [3.8, 4) is 11.4 Å². The highest BCUT2D eigenvalue weighted by Crippen LogP contribution is 2.25. The second kappa shape index (κ2) is 5.06. The molecule has 1 heterocycles. The quantitative estimate of drug-likeness (QED) is 0.840. The summed E-state index contributed by atoms with van der Waals surface area (Å²) in [6.45, 7) is 3.12. The summed E-state index contributed by atoms with van der Waals surface area (Å²) in [5.74, 6) is -0.395. The SMILES string of the molecule is CC(C)(Cn1nnnc1-c1cc(N)ccc1F)S(C)(=O)=O. The minimum atomic E-state index is -3.33. The van der Waals surface area contributed by atoms with Gasteiger partial charge in [-0.15, -0.1) is 5.10 Å². The highest BCUT2D eigenvalue weighted by atomic mass is 32.2. The molecule has 0 spiro atoms. The van der Waals surface area contributed by atoms with E-state index < -0.39 is 20.4 Å². The number of benzene rings is 1. The molecule has 2 rings (SSSR count). The van der Waals surface area contributed by atoms with Gasteiger partial charge in [0.1, 0.15) is 5.82 Å². The van der Waals surface area contributed by atoms with Gasteiger partial charge in [-0.1, -0.05) is 0 Å². The van der Waals surface area contributed by atoms with Gasteiger partial charge in [-0.2, -0.15) is 0 Å². The molecule has 1 aromatic carbocycles. The molecule has 0 saturated heterocycles. The van der Waals surface area contributed by atoms with Crippen molar-refractivity contribution in [3.63, 3.8) is 0 Å². The summed E-state index contributed by atoms with van der Waals surface area (Å²) in [4.78, 5) is 0. The molecular weight excluding hydrogens is 297 g/mol. The molecular formula is C12H16FN5O2S. The maximum atomic E-state index is 13.9. The van der Waals surface area contributed by atoms with Crippen molar-refractivity contribution in [1.29, 1.82) is 0 Å². The van der Waals surface area contributed by atoms with E-state index in [4.69, 9.17) is 5.73 Å². The van der Waals surface area contributed by atoms with Gasteiger partial charge in [0.15, 0.2) is 15.7 Å². The van der Waals surface area contributed by atoms with Crippen LogP contribution in [0.15, 0.2) is 18.2 Å². The Morgan fingerprint density at radius 1 is 1.38 bits per heavy atom. The van der Waals surface area contributed by atoms with E-state index in [2.05, 4.69) is 15.5 Å². The zero-order valence-corrected chi connectivity index (χ0v) is 12.7. The molecule has 2 N–H and O–H groups in total. The molecule has 21 heavy (non-hydrogen) atoms. The normalized spacial score (nSPS) is 12.6. The van der Waals surface area contributed by atoms with Crippen molar-refractivity contribution in [1.82, 2.24) is 20.2 Å². The fraction of sp³-hybridized carbons (Fsp3) is 0.417. The highest BCUT2D eigenvalue weighted by Gasteiger charge is 2.32. The van der Waals surface area contributed by atoms with Crippen LogP contribution in [0.2, 0.25) is 0 Å². The Hall–Kier alpha value is -2.03. The van der Waals surface area contributed by atoms with Crippen LogP contribution in [-0.2, 0) is 16.4 Å². The van der Waals surface area contributed by atoms with E-state index in [1.165, 1.54) is 22.9 Å². The van der Waals surface area contributed by atoms with Crippen LogP contribution in [-0.4, -0.2) is 39.6 Å². The number of nitrogens with zero attached hydrogens (tertiary/aromatic N) is 4. The third-order valence-corrected chi connectivity index (χ3v) is 5.43. The van der Waals surface area contributed by atoms with Gasteiger partial charge in [-0.25, -0.2) is 17.5 Å². The lowest BCUT2D eigenvalue weighted by Crippen LogP contribution is -2.36. The van der Waals surface area contributed by atoms with Gasteiger partial charge in [0, 0.05) is 11.9 Å². The Bertz CT molecular complexity index is 770. The minimum absolute atomic E-state index is 0.00239. The number of tetrazole rings is 1. The zero-order valence-electron chi connectivity index (χ0n) is 11.9. The Balaban J connectivity index is 2.47. The second-order valence-corrected chi connectivity index (χ2v) is 8.08. The third kappa shape index (κ3) is 3.02. The largest absolute Gasteiger partial charge is 0.399 e. The summed E-state index contributed by atoms with van der Waals surface area (Å²) in [6.07, 6.45) is 1.14. The second-order valence-electron chi connectivity index (χ2n) is 5.43. The van der Waals surface area contributed by atoms with Gasteiger partial charge in [0.2, 0.25) is 0 Å². The fourth-order valence-electron chi connectivity index (χ4n) is 1.70. The van der Waals surface area contributed by atoms with E-state index in [-0.39, 0.29) is 17.9 Å². The van der Waals surface area contributed by atoms with Crippen molar-refractivity contribution >= 4 is 15.5 Å². The average molecular weight is 313 g/mol. The van der Waals surface area contributed by atoms with Crippen LogP contribution in [0.3, 0.4) is 0 Å². The third-order valence-electron chi connectivity index (χ3n) is 3.30. The first-order valence-electron chi connectivity index (χ1n) is 6.13. The van der Waals surface area contributed by atoms with Crippen molar-refractivity contribution in [2.75, 3.05) is 12.0 Å². The standard InChI is InChI=1S/C12H16FN5O2S/c1-12(2,21(3,19)20)7-18-11(15-16-17-18)9-6-8(14)4-5-10(9)13/h4-6H,7,14H2,1-3H3. The lowest BCUT2D eigenvalue weighted by Gasteiger charge is -2.22. The summed E-state index contributed by atoms with van der Waals surface area (Å²) in [5.41, 5.74) is 6.13. The molecule has 0 saturated carbocycles. The number of rotatable bonds is 4. The van der Waals surface area contributed by atoms with Gasteiger partial charge < -0.3 is 5.73 Å². The number of aromatic nitrogens is 4. The number of hydrogen-bond acceptors (Lipinski definition) is 6. The van der Waals surface area contributed by atoms with Crippen molar-refractivity contribution in [2.45, 2.75) is 25.1 Å². The average Bonchev–Trinajstić information content (AvgIpc) is 2.78. The molecule has 0 aliphatic rings. The summed E-state index contributed by atoms with van der Waals surface area (Å²) in [6, 6.07) is 4.05. The van der Waals surface area contributed by atoms with Crippen LogP contribution in [0, 0.1) is 5.82 Å². The van der Waals surface area contributed by atoms with Crippen LogP contribution in [0.25, 0.3) is 11.4 Å². The zero-order chi connectivity index (χ0) is 15.8. The lowest BCUT2D eigenvalue weighted by molar-refractivity contribution is 0.471. The Kier molecular flexibility index (Phi) is 3.70. The predicted molar refractivity (Wildman–Crippen MR) is 76.5 cm³/mol. The molecule has 0 aliphatic carbocycles. The first-order valence-corrected chi connectivity index (χ1v) is 8.02. The molecule has 7 nitrogen and oxygen atoms in total. The molecule has 114 valence electrons. The predicted octanol–water partition coefficient (Wildman–Crippen LogP) is 0.885. The molecule has 1 aromatic heterocycles. The van der Waals surface area contributed by atoms with Gasteiger partial charge in [-0.3, -0.25) is 0 Å². The number of hydrogen-bond donors (Lipinski definition) is 1. The van der Waals surface area contributed by atoms with Crippen molar-refractivity contribution < 1.29 is 12.8 Å². The van der Waals surface area contributed by atoms with E-state index >= 15 is 0 Å². The van der Waals surface area contributed by atoms with E-state index in [0.717, 1.165) is 6.26 Å². The maximum Gasteiger partial charge on any atom is 0.185 e. The van der Waals surface area contributed by atoms with E-state index in [9.17, 15) is 12.8 Å². The van der Waals surface area contributed by atoms with Crippen LogP contribution in [0.1, 0.15) is 13.8 Å². The number of halogens is 1. The van der Waals surface area contributed by atoms with Crippen molar-refractivity contribution in [3.05, 3.63) is 24.0 Å². The summed E-state index contributed by atoms with van der Waals surface area (Å²) in [7, 11) is -3.33. The Labute approximate surface area is 121 Å². The van der Waals surface area contributed by atoms with Crippen LogP contribution in [0.4, 0.5) is 10.1 Å². The van der Waals surface area contributed by atoms with Crippen LogP contribution in [0.5, 0.6) is 0 Å². The van der Waals surface area contributed by atoms with Gasteiger partial charge >= 0.3 is 0 Å². The van der Waals surface area contributed by atoms with Gasteiger partial charge in [-0.05, 0) is 42.5 Å². The summed E-state index contributed by atoms with van der Waals surface area (Å²) < 4.78 is 37.6. The van der Waals surface area contributed by atoms with Gasteiger partial charge in [0.25, 0.3) is 0 Å². The first-order chi connectivity index (χ1) is 9.62. The topological polar surface area (TPSA) is 104 Å². The number of nitrogens with two attached hydrogens (primary N) is 1. The number of sulfone groups is 1.